The van der Waals surface area contributed by atoms with Crippen LogP contribution in [0.2, 0.25) is 0 Å². The zero-order valence-electron chi connectivity index (χ0n) is 17.0. The van der Waals surface area contributed by atoms with Gasteiger partial charge >= 0.3 is 0 Å². The summed E-state index contributed by atoms with van der Waals surface area (Å²) in [4.78, 5) is 16.2. The van der Waals surface area contributed by atoms with Crippen molar-refractivity contribution in [3.05, 3.63) is 42.5 Å². The average molecular weight is 417 g/mol. The van der Waals surface area contributed by atoms with Gasteiger partial charge in [-0.2, -0.15) is 4.31 Å². The fraction of sp³-hybridized carbons (Fsp3) is 0.500. The Labute approximate surface area is 173 Å². The van der Waals surface area contributed by atoms with Crippen molar-refractivity contribution >= 4 is 26.7 Å². The molecule has 7 heteroatoms. The van der Waals surface area contributed by atoms with Gasteiger partial charge in [-0.05, 0) is 35.7 Å². The molecule has 2 saturated heterocycles. The van der Waals surface area contributed by atoms with Gasteiger partial charge in [0.1, 0.15) is 0 Å². The van der Waals surface area contributed by atoms with Crippen LogP contribution >= 0.6 is 0 Å². The van der Waals surface area contributed by atoms with Crippen LogP contribution in [0.15, 0.2) is 47.4 Å². The first-order valence-electron chi connectivity index (χ1n) is 10.5. The Balaban J connectivity index is 1.38. The third-order valence-electron chi connectivity index (χ3n) is 6.22. The second-order valence-corrected chi connectivity index (χ2v) is 10.4. The van der Waals surface area contributed by atoms with Crippen molar-refractivity contribution in [3.8, 4) is 0 Å². The summed E-state index contributed by atoms with van der Waals surface area (Å²) in [6.45, 7) is 6.54. The quantitative estimate of drug-likeness (QED) is 0.809. The normalized spacial score (nSPS) is 24.0. The molecule has 2 aromatic carbocycles. The van der Waals surface area contributed by atoms with Gasteiger partial charge in [0.05, 0.1) is 18.0 Å². The molecule has 156 valence electrons. The van der Waals surface area contributed by atoms with E-state index in [9.17, 15) is 13.2 Å². The molecule has 0 aliphatic carbocycles. The number of fused-ring (bicyclic) bond motifs is 1. The molecular formula is C22H30N3O3S+. The van der Waals surface area contributed by atoms with E-state index < -0.39 is 10.0 Å². The molecule has 1 amide bonds. The van der Waals surface area contributed by atoms with Gasteiger partial charge in [-0.1, -0.05) is 37.3 Å². The first-order chi connectivity index (χ1) is 13.9. The highest BCUT2D eigenvalue weighted by Gasteiger charge is 2.32. The smallest absolute Gasteiger partial charge is 0.277 e. The van der Waals surface area contributed by atoms with Crippen molar-refractivity contribution in [1.29, 1.82) is 0 Å². The number of nitrogens with one attached hydrogen (secondary N) is 1. The van der Waals surface area contributed by atoms with Crippen molar-refractivity contribution in [2.24, 2.45) is 5.92 Å². The highest BCUT2D eigenvalue weighted by molar-refractivity contribution is 7.89. The van der Waals surface area contributed by atoms with E-state index in [1.807, 2.05) is 35.2 Å². The van der Waals surface area contributed by atoms with Gasteiger partial charge < -0.3 is 9.80 Å². The van der Waals surface area contributed by atoms with E-state index in [2.05, 4.69) is 6.92 Å². The van der Waals surface area contributed by atoms with Gasteiger partial charge in [0.2, 0.25) is 10.0 Å². The lowest BCUT2D eigenvalue weighted by molar-refractivity contribution is -0.900. The van der Waals surface area contributed by atoms with Crippen molar-refractivity contribution < 1.29 is 18.1 Å². The van der Waals surface area contributed by atoms with Crippen LogP contribution < -0.4 is 4.90 Å². The number of quaternary nitrogens is 1. The Morgan fingerprint density at radius 1 is 1.07 bits per heavy atom. The monoisotopic (exact) mass is 416 g/mol. The highest BCUT2D eigenvalue weighted by atomic mass is 32.2. The topological polar surface area (TPSA) is 62.1 Å². The molecule has 0 saturated carbocycles. The van der Waals surface area contributed by atoms with Gasteiger partial charge in [-0.3, -0.25) is 4.79 Å². The molecule has 6 nitrogen and oxygen atoms in total. The summed E-state index contributed by atoms with van der Waals surface area (Å²) in [6, 6.07) is 13.0. The van der Waals surface area contributed by atoms with Gasteiger partial charge in [-0.15, -0.1) is 0 Å². The molecule has 0 bridgehead atoms. The van der Waals surface area contributed by atoms with Crippen LogP contribution in [0.1, 0.15) is 19.8 Å². The molecule has 2 atom stereocenters. The first kappa shape index (κ1) is 20.3. The number of piperidine rings is 1. The SMILES string of the molecule is C[C@H]1CCC[NH+](CC(=O)N2CCN(S(=O)(=O)c3ccc4ccccc4c3)CC2)C1. The van der Waals surface area contributed by atoms with E-state index in [4.69, 9.17) is 0 Å². The van der Waals surface area contributed by atoms with E-state index in [0.717, 1.165) is 23.9 Å². The molecule has 2 aliphatic rings. The number of amides is 1. The van der Waals surface area contributed by atoms with Crippen molar-refractivity contribution in [2.45, 2.75) is 24.7 Å². The second kappa shape index (κ2) is 8.42. The van der Waals surface area contributed by atoms with Gasteiger partial charge in [0, 0.05) is 32.1 Å². The van der Waals surface area contributed by atoms with E-state index in [1.165, 1.54) is 22.0 Å². The Kier molecular flexibility index (Phi) is 5.90. The predicted molar refractivity (Wildman–Crippen MR) is 113 cm³/mol. The van der Waals surface area contributed by atoms with Crippen LogP contribution in [0.3, 0.4) is 0 Å². The van der Waals surface area contributed by atoms with Gasteiger partial charge in [0.15, 0.2) is 6.54 Å². The summed E-state index contributed by atoms with van der Waals surface area (Å²) < 4.78 is 27.7. The third-order valence-corrected chi connectivity index (χ3v) is 8.11. The minimum atomic E-state index is -3.55. The summed E-state index contributed by atoms with van der Waals surface area (Å²) in [5.74, 6) is 0.826. The van der Waals surface area contributed by atoms with E-state index in [1.54, 1.807) is 12.1 Å². The number of carbonyl (C=O) groups excluding carboxylic acids is 1. The van der Waals surface area contributed by atoms with Gasteiger partial charge in [0.25, 0.3) is 5.91 Å². The Morgan fingerprint density at radius 3 is 2.52 bits per heavy atom. The zero-order valence-corrected chi connectivity index (χ0v) is 17.8. The van der Waals surface area contributed by atoms with Crippen molar-refractivity contribution in [2.75, 3.05) is 45.8 Å². The molecule has 4 rings (SSSR count). The summed E-state index contributed by atoms with van der Waals surface area (Å²) in [5.41, 5.74) is 0. The highest BCUT2D eigenvalue weighted by Crippen LogP contribution is 2.22. The maximum Gasteiger partial charge on any atom is 0.277 e. The maximum atomic E-state index is 13.1. The predicted octanol–water partition coefficient (Wildman–Crippen LogP) is 0.988. The summed E-state index contributed by atoms with van der Waals surface area (Å²) in [7, 11) is -3.55. The Hall–Kier alpha value is -1.96. The van der Waals surface area contributed by atoms with Crippen LogP contribution in [0.5, 0.6) is 0 Å². The van der Waals surface area contributed by atoms with E-state index >= 15 is 0 Å². The molecule has 2 aliphatic heterocycles. The lowest BCUT2D eigenvalue weighted by Crippen LogP contribution is -3.14. The largest absolute Gasteiger partial charge is 0.335 e. The number of nitrogens with zero attached hydrogens (tertiary/aromatic N) is 2. The standard InChI is InChI=1S/C22H29N3O3S/c1-18-5-4-10-23(16-18)17-22(26)24-11-13-25(14-12-24)29(27,28)21-9-8-19-6-2-3-7-20(19)15-21/h2-3,6-9,15,18H,4-5,10-14,16-17H2,1H3/p+1/t18-/m0/s1. The molecule has 1 unspecified atom stereocenters. The number of piperazine rings is 1. The fourth-order valence-electron chi connectivity index (χ4n) is 4.54. The average Bonchev–Trinajstić information content (AvgIpc) is 2.73. The molecule has 0 spiro atoms. The fourth-order valence-corrected chi connectivity index (χ4v) is 6.00. The number of carbonyl (C=O) groups is 1. The van der Waals surface area contributed by atoms with Crippen LogP contribution in [-0.4, -0.2) is 69.3 Å². The van der Waals surface area contributed by atoms with Crippen molar-refractivity contribution in [1.82, 2.24) is 9.21 Å². The summed E-state index contributed by atoms with van der Waals surface area (Å²) in [5, 5.41) is 1.94. The minimum absolute atomic E-state index is 0.150. The minimum Gasteiger partial charge on any atom is -0.335 e. The molecule has 2 aromatic rings. The molecule has 1 N–H and O–H groups in total. The second-order valence-electron chi connectivity index (χ2n) is 8.42. The molecule has 2 heterocycles. The molecule has 0 radical (unpaired) electrons. The molecule has 0 aromatic heterocycles. The van der Waals surface area contributed by atoms with Crippen LogP contribution in [0.4, 0.5) is 0 Å². The number of sulfonamides is 1. The maximum absolute atomic E-state index is 13.1. The number of hydrogen-bond donors (Lipinski definition) is 1. The zero-order chi connectivity index (χ0) is 20.4. The van der Waals surface area contributed by atoms with Crippen LogP contribution in [0, 0.1) is 5.92 Å². The van der Waals surface area contributed by atoms with Crippen LogP contribution in [0.25, 0.3) is 10.8 Å². The van der Waals surface area contributed by atoms with E-state index in [-0.39, 0.29) is 5.91 Å². The third kappa shape index (κ3) is 4.47. The molecular weight excluding hydrogens is 386 g/mol. The first-order valence-corrected chi connectivity index (χ1v) is 12.0. The number of benzene rings is 2. The molecule has 2 fully saturated rings. The number of hydrogen-bond acceptors (Lipinski definition) is 3. The lowest BCUT2D eigenvalue weighted by Gasteiger charge is -2.35. The number of rotatable bonds is 4. The van der Waals surface area contributed by atoms with Crippen LogP contribution in [-0.2, 0) is 14.8 Å². The number of likely N-dealkylation sites (tertiary alicyclic amines) is 1. The van der Waals surface area contributed by atoms with E-state index in [0.29, 0.717) is 43.5 Å². The summed E-state index contributed by atoms with van der Waals surface area (Å²) in [6.07, 6.45) is 2.44. The van der Waals surface area contributed by atoms with Gasteiger partial charge in [-0.25, -0.2) is 8.42 Å². The summed E-state index contributed by atoms with van der Waals surface area (Å²) >= 11 is 0. The molecule has 29 heavy (non-hydrogen) atoms. The Bertz CT molecular complexity index is 984. The lowest BCUT2D eigenvalue weighted by atomic mass is 10.0. The van der Waals surface area contributed by atoms with Crippen molar-refractivity contribution in [3.63, 3.8) is 0 Å². The Morgan fingerprint density at radius 2 is 1.79 bits per heavy atom.